The molecular formula is C8H13F2N. The van der Waals surface area contributed by atoms with Crippen molar-refractivity contribution in [2.24, 2.45) is 5.92 Å². The summed E-state index contributed by atoms with van der Waals surface area (Å²) in [6.45, 7) is -0.103. The number of hydrogen-bond donors (Lipinski definition) is 1. The molecule has 0 aromatic heterocycles. The maximum atomic E-state index is 12.7. The van der Waals surface area contributed by atoms with Crippen LogP contribution >= 0.6 is 0 Å². The fraction of sp³-hybridized carbons (Fsp3) is 1.00. The zero-order valence-electron chi connectivity index (χ0n) is 6.45. The summed E-state index contributed by atoms with van der Waals surface area (Å²) in [5, 5.41) is 2.90. The van der Waals surface area contributed by atoms with Crippen LogP contribution in [0.5, 0.6) is 0 Å². The minimum Gasteiger partial charge on any atom is -0.308 e. The number of alkyl halides is 2. The van der Waals surface area contributed by atoms with Crippen LogP contribution in [0.25, 0.3) is 0 Å². The Bertz CT molecular complexity index is 154. The van der Waals surface area contributed by atoms with Gasteiger partial charge in [0.05, 0.1) is 6.54 Å². The van der Waals surface area contributed by atoms with Crippen LogP contribution in [0.2, 0.25) is 0 Å². The molecule has 1 saturated carbocycles. The third kappa shape index (κ3) is 1.39. The van der Waals surface area contributed by atoms with E-state index in [2.05, 4.69) is 5.32 Å². The summed E-state index contributed by atoms with van der Waals surface area (Å²) >= 11 is 0. The molecule has 1 aliphatic heterocycles. The highest BCUT2D eigenvalue weighted by Gasteiger charge is 2.43. The van der Waals surface area contributed by atoms with E-state index in [9.17, 15) is 8.78 Å². The first-order valence-corrected chi connectivity index (χ1v) is 4.29. The first kappa shape index (κ1) is 7.47. The van der Waals surface area contributed by atoms with Gasteiger partial charge in [0.15, 0.2) is 0 Å². The van der Waals surface area contributed by atoms with Gasteiger partial charge in [-0.2, -0.15) is 0 Å². The van der Waals surface area contributed by atoms with Crippen molar-refractivity contribution in [2.75, 3.05) is 6.54 Å². The van der Waals surface area contributed by atoms with Crippen LogP contribution in [0.15, 0.2) is 0 Å². The van der Waals surface area contributed by atoms with Gasteiger partial charge in [-0.25, -0.2) is 8.78 Å². The number of halogens is 2. The van der Waals surface area contributed by atoms with Gasteiger partial charge in [-0.15, -0.1) is 0 Å². The fourth-order valence-corrected chi connectivity index (χ4v) is 1.92. The van der Waals surface area contributed by atoms with E-state index in [-0.39, 0.29) is 19.0 Å². The molecule has 0 aromatic rings. The third-order valence-electron chi connectivity index (χ3n) is 2.86. The average Bonchev–Trinajstić information content (AvgIpc) is 2.05. The lowest BCUT2D eigenvalue weighted by molar-refractivity contribution is 0.0174. The molecule has 0 spiro atoms. The second-order valence-electron chi connectivity index (χ2n) is 3.74. The Kier molecular flexibility index (Phi) is 1.63. The Morgan fingerprint density at radius 2 is 2.00 bits per heavy atom. The molecule has 1 atom stereocenters. The van der Waals surface area contributed by atoms with Crippen LogP contribution in [-0.2, 0) is 0 Å². The van der Waals surface area contributed by atoms with E-state index in [0.29, 0.717) is 5.92 Å². The highest BCUT2D eigenvalue weighted by Crippen LogP contribution is 2.37. The summed E-state index contributed by atoms with van der Waals surface area (Å²) in [4.78, 5) is 0. The molecule has 0 aromatic carbocycles. The first-order chi connectivity index (χ1) is 5.17. The lowest BCUT2D eigenvalue weighted by atomic mass is 9.79. The van der Waals surface area contributed by atoms with Crippen LogP contribution in [-0.4, -0.2) is 18.5 Å². The summed E-state index contributed by atoms with van der Waals surface area (Å²) in [5.74, 6) is -1.89. The van der Waals surface area contributed by atoms with Gasteiger partial charge < -0.3 is 5.32 Å². The molecule has 3 heteroatoms. The molecule has 11 heavy (non-hydrogen) atoms. The first-order valence-electron chi connectivity index (χ1n) is 4.29. The standard InChI is InChI=1S/C8H13F2N/c9-8(10)4-7(11-5-8)6-2-1-3-6/h6-7,11H,1-5H2. The highest BCUT2D eigenvalue weighted by atomic mass is 19.3. The Labute approximate surface area is 65.2 Å². The van der Waals surface area contributed by atoms with Gasteiger partial charge in [0.1, 0.15) is 0 Å². The second kappa shape index (κ2) is 2.41. The number of hydrogen-bond acceptors (Lipinski definition) is 1. The van der Waals surface area contributed by atoms with Crippen molar-refractivity contribution < 1.29 is 8.78 Å². The topological polar surface area (TPSA) is 12.0 Å². The summed E-state index contributed by atoms with van der Waals surface area (Å²) in [7, 11) is 0. The maximum Gasteiger partial charge on any atom is 0.261 e. The third-order valence-corrected chi connectivity index (χ3v) is 2.86. The quantitative estimate of drug-likeness (QED) is 0.618. The van der Waals surface area contributed by atoms with Gasteiger partial charge in [-0.05, 0) is 18.8 Å². The van der Waals surface area contributed by atoms with Crippen molar-refractivity contribution >= 4 is 0 Å². The molecule has 64 valence electrons. The van der Waals surface area contributed by atoms with Crippen LogP contribution in [0.1, 0.15) is 25.7 Å². The van der Waals surface area contributed by atoms with E-state index in [1.165, 1.54) is 6.42 Å². The van der Waals surface area contributed by atoms with Crippen molar-refractivity contribution in [3.63, 3.8) is 0 Å². The van der Waals surface area contributed by atoms with Gasteiger partial charge in [-0.1, -0.05) is 6.42 Å². The van der Waals surface area contributed by atoms with Crippen molar-refractivity contribution in [3.05, 3.63) is 0 Å². The van der Waals surface area contributed by atoms with E-state index in [4.69, 9.17) is 0 Å². The van der Waals surface area contributed by atoms with E-state index >= 15 is 0 Å². The molecule has 1 nitrogen and oxygen atoms in total. The van der Waals surface area contributed by atoms with Crippen molar-refractivity contribution in [2.45, 2.75) is 37.6 Å². The van der Waals surface area contributed by atoms with Crippen LogP contribution in [0.3, 0.4) is 0 Å². The smallest absolute Gasteiger partial charge is 0.261 e. The zero-order chi connectivity index (χ0) is 7.90. The lowest BCUT2D eigenvalue weighted by Crippen LogP contribution is -2.34. The van der Waals surface area contributed by atoms with Crippen LogP contribution in [0.4, 0.5) is 8.78 Å². The maximum absolute atomic E-state index is 12.7. The van der Waals surface area contributed by atoms with Crippen molar-refractivity contribution in [1.82, 2.24) is 5.32 Å². The largest absolute Gasteiger partial charge is 0.308 e. The number of nitrogens with one attached hydrogen (secondary N) is 1. The molecule has 1 heterocycles. The zero-order valence-corrected chi connectivity index (χ0v) is 6.45. The molecule has 0 amide bonds. The Balaban J connectivity index is 1.88. The molecule has 2 aliphatic rings. The van der Waals surface area contributed by atoms with Crippen LogP contribution in [0, 0.1) is 5.92 Å². The normalized spacial score (nSPS) is 37.1. The van der Waals surface area contributed by atoms with Gasteiger partial charge in [0.2, 0.25) is 0 Å². The molecule has 1 N–H and O–H groups in total. The van der Waals surface area contributed by atoms with Gasteiger partial charge in [0, 0.05) is 12.5 Å². The minimum atomic E-state index is -2.43. The molecule has 0 radical (unpaired) electrons. The summed E-state index contributed by atoms with van der Waals surface area (Å²) in [6.07, 6.45) is 3.59. The molecule has 1 saturated heterocycles. The Hall–Kier alpha value is -0.180. The SMILES string of the molecule is FC1(F)CNC(C2CCC2)C1. The predicted molar refractivity (Wildman–Crippen MR) is 38.7 cm³/mol. The Morgan fingerprint density at radius 1 is 1.27 bits per heavy atom. The fourth-order valence-electron chi connectivity index (χ4n) is 1.92. The summed E-state index contributed by atoms with van der Waals surface area (Å²) in [5.41, 5.74) is 0. The monoisotopic (exact) mass is 161 g/mol. The molecule has 2 rings (SSSR count). The van der Waals surface area contributed by atoms with Crippen LogP contribution < -0.4 is 5.32 Å². The minimum absolute atomic E-state index is 0.0671. The molecule has 0 bridgehead atoms. The summed E-state index contributed by atoms with van der Waals surface area (Å²) in [6, 6.07) is 0.110. The second-order valence-corrected chi connectivity index (χ2v) is 3.74. The molecule has 1 unspecified atom stereocenters. The van der Waals surface area contributed by atoms with E-state index in [0.717, 1.165) is 12.8 Å². The van der Waals surface area contributed by atoms with E-state index in [1.807, 2.05) is 0 Å². The van der Waals surface area contributed by atoms with Crippen molar-refractivity contribution in [1.29, 1.82) is 0 Å². The van der Waals surface area contributed by atoms with Gasteiger partial charge in [0.25, 0.3) is 5.92 Å². The van der Waals surface area contributed by atoms with Gasteiger partial charge in [-0.3, -0.25) is 0 Å². The molecule has 2 fully saturated rings. The average molecular weight is 161 g/mol. The highest BCUT2D eigenvalue weighted by molar-refractivity contribution is 4.93. The van der Waals surface area contributed by atoms with Gasteiger partial charge >= 0.3 is 0 Å². The van der Waals surface area contributed by atoms with E-state index in [1.54, 1.807) is 0 Å². The number of rotatable bonds is 1. The lowest BCUT2D eigenvalue weighted by Gasteiger charge is -2.30. The molecule has 1 aliphatic carbocycles. The molecular weight excluding hydrogens is 148 g/mol. The Morgan fingerprint density at radius 3 is 2.36 bits per heavy atom. The van der Waals surface area contributed by atoms with E-state index < -0.39 is 5.92 Å². The predicted octanol–water partition coefficient (Wildman–Crippen LogP) is 1.78. The van der Waals surface area contributed by atoms with Crippen molar-refractivity contribution in [3.8, 4) is 0 Å². The summed E-state index contributed by atoms with van der Waals surface area (Å²) < 4.78 is 25.3.